The summed E-state index contributed by atoms with van der Waals surface area (Å²) in [7, 11) is 0. The Balaban J connectivity index is 1.52. The first-order chi connectivity index (χ1) is 13.2. The van der Waals surface area contributed by atoms with E-state index in [2.05, 4.69) is 20.5 Å². The van der Waals surface area contributed by atoms with Gasteiger partial charge in [-0.05, 0) is 55.5 Å². The number of rotatable bonds is 4. The third-order valence-corrected chi connectivity index (χ3v) is 4.02. The lowest BCUT2D eigenvalue weighted by Crippen LogP contribution is -2.11. The molecule has 4 aromatic rings. The van der Waals surface area contributed by atoms with Gasteiger partial charge in [0.05, 0.1) is 0 Å². The van der Waals surface area contributed by atoms with Gasteiger partial charge >= 0.3 is 0 Å². The van der Waals surface area contributed by atoms with Gasteiger partial charge in [-0.25, -0.2) is 0 Å². The molecule has 0 aliphatic heterocycles. The number of hydrogen-bond acceptors (Lipinski definition) is 5. The molecular weight excluding hydrogens is 340 g/mol. The average molecular weight is 356 g/mol. The Morgan fingerprint density at radius 2 is 1.59 bits per heavy atom. The molecule has 0 saturated carbocycles. The molecule has 0 unspecified atom stereocenters. The van der Waals surface area contributed by atoms with E-state index in [1.807, 2.05) is 31.2 Å². The molecule has 0 fully saturated rings. The Hall–Kier alpha value is -3.80. The Morgan fingerprint density at radius 1 is 0.889 bits per heavy atom. The summed E-state index contributed by atoms with van der Waals surface area (Å²) in [5.41, 5.74) is 3.98. The van der Waals surface area contributed by atoms with Crippen molar-refractivity contribution in [2.75, 3.05) is 5.32 Å². The summed E-state index contributed by atoms with van der Waals surface area (Å²) < 4.78 is 5.78. The fourth-order valence-corrected chi connectivity index (χ4v) is 2.64. The van der Waals surface area contributed by atoms with Crippen molar-refractivity contribution in [3.8, 4) is 22.9 Å². The number of benzene rings is 2. The molecule has 2 aromatic carbocycles. The topological polar surface area (TPSA) is 80.9 Å². The molecule has 0 radical (unpaired) electrons. The zero-order chi connectivity index (χ0) is 18.6. The maximum Gasteiger partial charge on any atom is 0.255 e. The second kappa shape index (κ2) is 7.21. The molecule has 132 valence electrons. The smallest absolute Gasteiger partial charge is 0.255 e. The van der Waals surface area contributed by atoms with E-state index in [-0.39, 0.29) is 5.91 Å². The van der Waals surface area contributed by atoms with E-state index >= 15 is 0 Å². The molecular formula is C21H16N4O2. The van der Waals surface area contributed by atoms with Gasteiger partial charge < -0.3 is 9.73 Å². The van der Waals surface area contributed by atoms with Gasteiger partial charge in [-0.3, -0.25) is 9.78 Å². The number of nitrogens with one attached hydrogen (secondary N) is 1. The number of carbonyl (C=O) groups is 1. The van der Waals surface area contributed by atoms with Gasteiger partial charge in [-0.1, -0.05) is 17.7 Å². The molecule has 1 amide bonds. The normalized spacial score (nSPS) is 10.6. The molecule has 2 heterocycles. The Labute approximate surface area is 155 Å². The largest absolute Gasteiger partial charge is 0.416 e. The molecule has 0 bridgehead atoms. The number of hydrogen-bond donors (Lipinski definition) is 1. The van der Waals surface area contributed by atoms with Crippen LogP contribution in [0.25, 0.3) is 22.9 Å². The third-order valence-electron chi connectivity index (χ3n) is 4.02. The number of nitrogens with zero attached hydrogens (tertiary/aromatic N) is 3. The Kier molecular flexibility index (Phi) is 4.45. The van der Waals surface area contributed by atoms with Crippen molar-refractivity contribution >= 4 is 11.6 Å². The predicted octanol–water partition coefficient (Wildman–Crippen LogP) is 4.36. The van der Waals surface area contributed by atoms with Crippen LogP contribution in [0, 0.1) is 6.92 Å². The predicted molar refractivity (Wildman–Crippen MR) is 102 cm³/mol. The number of aromatic nitrogens is 3. The van der Waals surface area contributed by atoms with Crippen LogP contribution in [-0.2, 0) is 0 Å². The molecule has 0 spiro atoms. The first-order valence-corrected chi connectivity index (χ1v) is 8.41. The van der Waals surface area contributed by atoms with Crippen molar-refractivity contribution in [2.45, 2.75) is 6.92 Å². The van der Waals surface area contributed by atoms with Gasteiger partial charge in [0.1, 0.15) is 0 Å². The van der Waals surface area contributed by atoms with E-state index in [0.29, 0.717) is 23.0 Å². The molecule has 0 atom stereocenters. The minimum absolute atomic E-state index is 0.196. The van der Waals surface area contributed by atoms with E-state index in [9.17, 15) is 4.79 Å². The maximum atomic E-state index is 12.3. The molecule has 6 heteroatoms. The summed E-state index contributed by atoms with van der Waals surface area (Å²) in [6.07, 6.45) is 3.25. The molecule has 1 N–H and O–H groups in total. The number of pyridine rings is 1. The minimum Gasteiger partial charge on any atom is -0.416 e. The molecule has 4 rings (SSSR count). The van der Waals surface area contributed by atoms with Gasteiger partial charge in [-0.2, -0.15) is 0 Å². The van der Waals surface area contributed by atoms with E-state index in [1.54, 1.807) is 48.8 Å². The van der Waals surface area contributed by atoms with Gasteiger partial charge in [0.15, 0.2) is 0 Å². The van der Waals surface area contributed by atoms with Crippen LogP contribution in [0.4, 0.5) is 5.69 Å². The number of anilines is 1. The van der Waals surface area contributed by atoms with Crippen LogP contribution in [0.5, 0.6) is 0 Å². The van der Waals surface area contributed by atoms with E-state index in [4.69, 9.17) is 4.42 Å². The highest BCUT2D eigenvalue weighted by atomic mass is 16.4. The van der Waals surface area contributed by atoms with Crippen molar-refractivity contribution in [2.24, 2.45) is 0 Å². The van der Waals surface area contributed by atoms with Crippen molar-refractivity contribution in [1.82, 2.24) is 15.2 Å². The van der Waals surface area contributed by atoms with Crippen LogP contribution >= 0.6 is 0 Å². The summed E-state index contributed by atoms with van der Waals surface area (Å²) in [6.45, 7) is 2.01. The van der Waals surface area contributed by atoms with Crippen LogP contribution < -0.4 is 5.32 Å². The fraction of sp³-hybridized carbons (Fsp3) is 0.0476. The number of amides is 1. The average Bonchev–Trinajstić information content (AvgIpc) is 3.19. The summed E-state index contributed by atoms with van der Waals surface area (Å²) in [4.78, 5) is 16.2. The lowest BCUT2D eigenvalue weighted by Gasteiger charge is -2.05. The van der Waals surface area contributed by atoms with E-state index in [0.717, 1.165) is 16.7 Å². The second-order valence-electron chi connectivity index (χ2n) is 6.05. The number of carbonyl (C=O) groups excluding carboxylic acids is 1. The summed E-state index contributed by atoms with van der Waals surface area (Å²) >= 11 is 0. The van der Waals surface area contributed by atoms with Crippen LogP contribution in [0.3, 0.4) is 0 Å². The molecule has 27 heavy (non-hydrogen) atoms. The minimum atomic E-state index is -0.196. The summed E-state index contributed by atoms with van der Waals surface area (Å²) in [5.74, 6) is 0.680. The van der Waals surface area contributed by atoms with Crippen LogP contribution in [0.1, 0.15) is 15.9 Å². The van der Waals surface area contributed by atoms with Crippen LogP contribution in [-0.4, -0.2) is 21.1 Å². The summed E-state index contributed by atoms with van der Waals surface area (Å²) in [5, 5.41) is 11.0. The van der Waals surface area contributed by atoms with Crippen molar-refractivity contribution in [3.63, 3.8) is 0 Å². The van der Waals surface area contributed by atoms with Gasteiger partial charge in [0.25, 0.3) is 5.91 Å². The molecule has 0 aliphatic rings. The zero-order valence-corrected chi connectivity index (χ0v) is 14.6. The van der Waals surface area contributed by atoms with Gasteiger partial charge in [-0.15, -0.1) is 10.2 Å². The fourth-order valence-electron chi connectivity index (χ4n) is 2.64. The second-order valence-corrected chi connectivity index (χ2v) is 6.05. The van der Waals surface area contributed by atoms with Crippen molar-refractivity contribution in [1.29, 1.82) is 0 Å². The molecule has 2 aromatic heterocycles. The zero-order valence-electron chi connectivity index (χ0n) is 14.6. The maximum absolute atomic E-state index is 12.3. The lowest BCUT2D eigenvalue weighted by molar-refractivity contribution is 0.102. The highest BCUT2D eigenvalue weighted by Crippen LogP contribution is 2.24. The van der Waals surface area contributed by atoms with E-state index < -0.39 is 0 Å². The standard InChI is InChI=1S/C21H16N4O2/c1-14-3-2-4-17(13-14)21-25-24-20(27-21)16-7-5-15(6-8-16)19(26)23-18-9-11-22-12-10-18/h2-13H,1H3,(H,22,23,26). The van der Waals surface area contributed by atoms with E-state index in [1.165, 1.54) is 0 Å². The summed E-state index contributed by atoms with van der Waals surface area (Å²) in [6, 6.07) is 18.4. The highest BCUT2D eigenvalue weighted by Gasteiger charge is 2.12. The third kappa shape index (κ3) is 3.74. The quantitative estimate of drug-likeness (QED) is 0.587. The Morgan fingerprint density at radius 3 is 2.30 bits per heavy atom. The lowest BCUT2D eigenvalue weighted by atomic mass is 10.1. The first-order valence-electron chi connectivity index (χ1n) is 8.41. The first kappa shape index (κ1) is 16.7. The Bertz CT molecular complexity index is 1070. The monoisotopic (exact) mass is 356 g/mol. The van der Waals surface area contributed by atoms with Crippen LogP contribution in [0.15, 0.2) is 77.5 Å². The van der Waals surface area contributed by atoms with Crippen LogP contribution in [0.2, 0.25) is 0 Å². The van der Waals surface area contributed by atoms with Gasteiger partial charge in [0.2, 0.25) is 11.8 Å². The number of aryl methyl sites for hydroxylation is 1. The van der Waals surface area contributed by atoms with Crippen molar-refractivity contribution < 1.29 is 9.21 Å². The van der Waals surface area contributed by atoms with Gasteiger partial charge in [0, 0.05) is 34.8 Å². The van der Waals surface area contributed by atoms with Crippen molar-refractivity contribution in [3.05, 3.63) is 84.2 Å². The molecule has 6 nitrogen and oxygen atoms in total. The molecule has 0 saturated heterocycles. The highest BCUT2D eigenvalue weighted by molar-refractivity contribution is 6.04. The SMILES string of the molecule is Cc1cccc(-c2nnc(-c3ccc(C(=O)Nc4ccncc4)cc3)o2)c1. The molecule has 0 aliphatic carbocycles.